The summed E-state index contributed by atoms with van der Waals surface area (Å²) in [6.07, 6.45) is 6.36. The van der Waals surface area contributed by atoms with Crippen LogP contribution in [0.15, 0.2) is 30.5 Å². The number of nitrogens with one attached hydrogen (secondary N) is 1. The molecule has 0 atom stereocenters. The number of nitrogens with zero attached hydrogens (tertiary/aromatic N) is 1. The number of aryl methyl sites for hydroxylation is 1. The van der Waals surface area contributed by atoms with Crippen molar-refractivity contribution in [3.05, 3.63) is 52.8 Å². The van der Waals surface area contributed by atoms with Gasteiger partial charge in [0.25, 0.3) is 5.91 Å². The van der Waals surface area contributed by atoms with Gasteiger partial charge in [-0.05, 0) is 51.0 Å². The average Bonchev–Trinajstić information content (AvgIpc) is 3.15. The summed E-state index contributed by atoms with van der Waals surface area (Å²) >= 11 is 0. The highest BCUT2D eigenvalue weighted by Gasteiger charge is 2.18. The number of rotatable bonds is 6. The topological polar surface area (TPSA) is 60.5 Å². The first kappa shape index (κ1) is 18.2. The van der Waals surface area contributed by atoms with Crippen LogP contribution in [0.4, 0.5) is 0 Å². The van der Waals surface area contributed by atoms with Crippen LogP contribution < -0.4 is 14.8 Å². The van der Waals surface area contributed by atoms with Crippen molar-refractivity contribution in [2.75, 3.05) is 7.11 Å². The molecular formula is C21H26N2O3. The lowest BCUT2D eigenvalue weighted by atomic mass is 10.1. The average molecular weight is 354 g/mol. The lowest BCUT2D eigenvalue weighted by Crippen LogP contribution is -2.32. The maximum Gasteiger partial charge on any atom is 0.251 e. The zero-order valence-corrected chi connectivity index (χ0v) is 15.7. The second-order valence-corrected chi connectivity index (χ2v) is 6.81. The predicted octanol–water partition coefficient (Wildman–Crippen LogP) is 3.96. The summed E-state index contributed by atoms with van der Waals surface area (Å²) in [5.41, 5.74) is 3.50. The molecular weight excluding hydrogens is 328 g/mol. The van der Waals surface area contributed by atoms with E-state index in [0.717, 1.165) is 35.4 Å². The number of pyridine rings is 1. The Balaban J connectivity index is 1.60. The highest BCUT2D eigenvalue weighted by molar-refractivity contribution is 5.94. The van der Waals surface area contributed by atoms with E-state index in [0.29, 0.717) is 24.0 Å². The summed E-state index contributed by atoms with van der Waals surface area (Å²) in [4.78, 5) is 16.7. The summed E-state index contributed by atoms with van der Waals surface area (Å²) in [7, 11) is 1.66. The maximum atomic E-state index is 12.3. The van der Waals surface area contributed by atoms with Gasteiger partial charge in [0.05, 0.1) is 12.8 Å². The van der Waals surface area contributed by atoms with Crippen molar-refractivity contribution in [2.45, 2.75) is 52.2 Å². The van der Waals surface area contributed by atoms with Gasteiger partial charge in [0.2, 0.25) is 0 Å². The molecule has 1 amide bonds. The lowest BCUT2D eigenvalue weighted by Gasteiger charge is -2.14. The van der Waals surface area contributed by atoms with Gasteiger partial charge in [-0.3, -0.25) is 9.78 Å². The zero-order valence-electron chi connectivity index (χ0n) is 15.7. The molecule has 1 fully saturated rings. The molecule has 0 bridgehead atoms. The monoisotopic (exact) mass is 354 g/mol. The quantitative estimate of drug-likeness (QED) is 0.853. The molecule has 1 heterocycles. The fourth-order valence-electron chi connectivity index (χ4n) is 3.41. The second kappa shape index (κ2) is 8.21. The molecule has 5 heteroatoms. The van der Waals surface area contributed by atoms with E-state index >= 15 is 0 Å². The van der Waals surface area contributed by atoms with Crippen LogP contribution in [0.3, 0.4) is 0 Å². The van der Waals surface area contributed by atoms with Crippen LogP contribution in [0.1, 0.15) is 52.9 Å². The Morgan fingerprint density at radius 3 is 2.54 bits per heavy atom. The van der Waals surface area contributed by atoms with Crippen molar-refractivity contribution in [1.82, 2.24) is 10.3 Å². The molecule has 1 saturated carbocycles. The molecule has 0 radical (unpaired) electrons. The first-order chi connectivity index (χ1) is 12.6. The van der Waals surface area contributed by atoms with Crippen molar-refractivity contribution in [3.8, 4) is 11.5 Å². The van der Waals surface area contributed by atoms with Crippen LogP contribution in [-0.4, -0.2) is 24.0 Å². The number of methoxy groups -OCH3 is 1. The van der Waals surface area contributed by atoms with E-state index in [1.807, 2.05) is 26.0 Å². The first-order valence-corrected chi connectivity index (χ1v) is 9.11. The Labute approximate surface area is 154 Å². The van der Waals surface area contributed by atoms with E-state index in [9.17, 15) is 4.79 Å². The Kier molecular flexibility index (Phi) is 5.76. The minimum absolute atomic E-state index is 0.00997. The Morgan fingerprint density at radius 2 is 1.88 bits per heavy atom. The van der Waals surface area contributed by atoms with Crippen molar-refractivity contribution < 1.29 is 14.3 Å². The molecule has 5 nitrogen and oxygen atoms in total. The summed E-state index contributed by atoms with van der Waals surface area (Å²) < 4.78 is 11.3. The van der Waals surface area contributed by atoms with Crippen LogP contribution in [0.5, 0.6) is 11.5 Å². The maximum absolute atomic E-state index is 12.3. The van der Waals surface area contributed by atoms with E-state index in [-0.39, 0.29) is 5.91 Å². The third-order valence-electron chi connectivity index (χ3n) is 4.93. The molecule has 0 spiro atoms. The third-order valence-corrected chi connectivity index (χ3v) is 4.93. The minimum atomic E-state index is -0.00997. The van der Waals surface area contributed by atoms with Gasteiger partial charge in [0.15, 0.2) is 0 Å². The van der Waals surface area contributed by atoms with Crippen LogP contribution in [-0.2, 0) is 6.61 Å². The third kappa shape index (κ3) is 4.15. The lowest BCUT2D eigenvalue weighted by molar-refractivity contribution is 0.0938. The largest absolute Gasteiger partial charge is 0.496 e. The molecule has 1 aromatic heterocycles. The Morgan fingerprint density at radius 1 is 1.19 bits per heavy atom. The van der Waals surface area contributed by atoms with Gasteiger partial charge in [0, 0.05) is 28.9 Å². The summed E-state index contributed by atoms with van der Waals surface area (Å²) in [5.74, 6) is 1.55. The van der Waals surface area contributed by atoms with E-state index in [2.05, 4.69) is 10.3 Å². The van der Waals surface area contributed by atoms with E-state index in [4.69, 9.17) is 9.47 Å². The molecule has 1 aliphatic carbocycles. The number of hydrogen-bond acceptors (Lipinski definition) is 4. The summed E-state index contributed by atoms with van der Waals surface area (Å²) in [6.45, 7) is 4.31. The van der Waals surface area contributed by atoms with Crippen molar-refractivity contribution in [3.63, 3.8) is 0 Å². The molecule has 1 aromatic carbocycles. The first-order valence-electron chi connectivity index (χ1n) is 9.11. The Hall–Kier alpha value is -2.56. The van der Waals surface area contributed by atoms with Crippen molar-refractivity contribution in [2.24, 2.45) is 0 Å². The van der Waals surface area contributed by atoms with Gasteiger partial charge in [-0.1, -0.05) is 12.8 Å². The number of carbonyl (C=O) groups is 1. The van der Waals surface area contributed by atoms with Crippen LogP contribution in [0.2, 0.25) is 0 Å². The van der Waals surface area contributed by atoms with Gasteiger partial charge in [-0.25, -0.2) is 0 Å². The van der Waals surface area contributed by atoms with Crippen LogP contribution in [0.25, 0.3) is 0 Å². The minimum Gasteiger partial charge on any atom is -0.496 e. The molecule has 0 saturated heterocycles. The normalized spacial score (nSPS) is 14.3. The Bertz CT molecular complexity index is 766. The van der Waals surface area contributed by atoms with Crippen molar-refractivity contribution in [1.29, 1.82) is 0 Å². The zero-order chi connectivity index (χ0) is 18.5. The number of amides is 1. The van der Waals surface area contributed by atoms with Gasteiger partial charge < -0.3 is 14.8 Å². The fourth-order valence-corrected chi connectivity index (χ4v) is 3.41. The number of carbonyl (C=O) groups excluding carboxylic acids is 1. The molecule has 0 unspecified atom stereocenters. The SMILES string of the molecule is COc1c(C)cnc(COc2ccc(C(=O)NC3CCCC3)cc2)c1C. The molecule has 0 aliphatic heterocycles. The fraction of sp³-hybridized carbons (Fsp3) is 0.429. The summed E-state index contributed by atoms with van der Waals surface area (Å²) in [6, 6.07) is 7.57. The van der Waals surface area contributed by atoms with Crippen molar-refractivity contribution >= 4 is 5.91 Å². The number of benzene rings is 1. The van der Waals surface area contributed by atoms with E-state index in [1.54, 1.807) is 25.4 Å². The number of hydrogen-bond donors (Lipinski definition) is 1. The standard InChI is InChI=1S/C21H26N2O3/c1-14-12-22-19(15(2)20(14)25-3)13-26-18-10-8-16(9-11-18)21(24)23-17-6-4-5-7-17/h8-12,17H,4-7,13H2,1-3H3,(H,23,24). The molecule has 26 heavy (non-hydrogen) atoms. The van der Waals surface area contributed by atoms with E-state index < -0.39 is 0 Å². The number of ether oxygens (including phenoxy) is 2. The number of aromatic nitrogens is 1. The van der Waals surface area contributed by atoms with Gasteiger partial charge in [-0.15, -0.1) is 0 Å². The summed E-state index contributed by atoms with van der Waals surface area (Å²) in [5, 5.41) is 3.09. The molecule has 2 aromatic rings. The van der Waals surface area contributed by atoms with E-state index in [1.165, 1.54) is 12.8 Å². The van der Waals surface area contributed by atoms with Crippen LogP contribution >= 0.6 is 0 Å². The molecule has 1 N–H and O–H groups in total. The highest BCUT2D eigenvalue weighted by atomic mass is 16.5. The highest BCUT2D eigenvalue weighted by Crippen LogP contribution is 2.25. The smallest absolute Gasteiger partial charge is 0.251 e. The van der Waals surface area contributed by atoms with Crippen LogP contribution in [0, 0.1) is 13.8 Å². The molecule has 3 rings (SSSR count). The second-order valence-electron chi connectivity index (χ2n) is 6.81. The predicted molar refractivity (Wildman–Crippen MR) is 101 cm³/mol. The molecule has 138 valence electrons. The van der Waals surface area contributed by atoms with Gasteiger partial charge in [-0.2, -0.15) is 0 Å². The van der Waals surface area contributed by atoms with Gasteiger partial charge >= 0.3 is 0 Å². The van der Waals surface area contributed by atoms with Gasteiger partial charge in [0.1, 0.15) is 18.1 Å². The molecule has 1 aliphatic rings.